The van der Waals surface area contributed by atoms with Crippen LogP contribution in [0.5, 0.6) is 0 Å². The van der Waals surface area contributed by atoms with Crippen molar-refractivity contribution in [1.29, 1.82) is 0 Å². The van der Waals surface area contributed by atoms with Crippen molar-refractivity contribution in [2.75, 3.05) is 25.5 Å². The molecule has 7 aliphatic carbocycles. The third kappa shape index (κ3) is 8.25. The normalized spacial score (nSPS) is 35.5. The molecule has 5 fully saturated rings. The van der Waals surface area contributed by atoms with Gasteiger partial charge in [-0.05, 0) is 129 Å². The van der Waals surface area contributed by atoms with E-state index in [2.05, 4.69) is 47.2 Å². The second-order valence-electron chi connectivity index (χ2n) is 21.7. The molecule has 4 saturated carbocycles. The number of carbonyl (C=O) groups is 4. The van der Waals surface area contributed by atoms with E-state index in [0.29, 0.717) is 55.0 Å². The Kier molecular flexibility index (Phi) is 13.0. The number of nitrogens with one attached hydrogen (secondary N) is 3. The maximum atomic E-state index is 15.3. The number of imide groups is 1. The maximum Gasteiger partial charge on any atom is 0.340 e. The fraction of sp³-hybridized carbons (Fsp3) is 0.667. The predicted octanol–water partition coefficient (Wildman–Crippen LogP) is 9.17. The quantitative estimate of drug-likeness (QED) is 0.0994. The summed E-state index contributed by atoms with van der Waals surface area (Å²) >= 11 is 0. The summed E-state index contributed by atoms with van der Waals surface area (Å²) in [5.74, 6) is 1.83. The van der Waals surface area contributed by atoms with Crippen LogP contribution in [0.3, 0.4) is 0 Å². The lowest BCUT2D eigenvalue weighted by atomic mass is 9.43. The van der Waals surface area contributed by atoms with E-state index in [0.717, 1.165) is 98.1 Å². The second kappa shape index (κ2) is 19.0. The lowest BCUT2D eigenvalue weighted by molar-refractivity contribution is -0.138. The average molecular weight is 951 g/mol. The van der Waals surface area contributed by atoms with Gasteiger partial charge in [0.2, 0.25) is 0 Å². The van der Waals surface area contributed by atoms with Crippen LogP contribution in [0.4, 0.5) is 0 Å². The summed E-state index contributed by atoms with van der Waals surface area (Å²) in [7, 11) is 3.63. The standard InChI is InChI=1S/C54H70N4O7S2/c1-2-53(23-9-10-24-53)28-41-38-16-15-37-36-21-25-54(48(37)47(38)51(62)64-41)42-18-17-35(32-11-5-3-6-12-32)50(56-29-40(59)33-13-7-4-8-14-33)67-66-31-57-43-27-34(22-26-55-43)39(46(36)49(54)52(63)65-42)30-58-44(60)19-20-45(58)61/h18-20,22,27-28,32-33,35-37,39-40,48,50,55-57,59H,2-17,21,23-26,29-31H2,1H3. The number of esters is 2. The Morgan fingerprint density at radius 2 is 1.64 bits per heavy atom. The van der Waals surface area contributed by atoms with Gasteiger partial charge in [-0.3, -0.25) is 14.5 Å². The molecular weight excluding hydrogens is 881 g/mol. The molecule has 11 nitrogen and oxygen atoms in total. The van der Waals surface area contributed by atoms with Crippen LogP contribution in [-0.2, 0) is 28.7 Å². The van der Waals surface area contributed by atoms with Gasteiger partial charge in [-0.1, -0.05) is 98.8 Å². The first-order chi connectivity index (χ1) is 32.7. The maximum absolute atomic E-state index is 15.3. The molecule has 5 heterocycles. The van der Waals surface area contributed by atoms with Crippen molar-refractivity contribution in [2.45, 2.75) is 147 Å². The van der Waals surface area contributed by atoms with E-state index >= 15 is 4.79 Å². The average Bonchev–Trinajstić information content (AvgIpc) is 4.12. The van der Waals surface area contributed by atoms with Gasteiger partial charge in [0.1, 0.15) is 11.5 Å². The molecule has 0 aromatic rings. The zero-order valence-corrected chi connectivity index (χ0v) is 40.9. The molecule has 13 heteroatoms. The van der Waals surface area contributed by atoms with Crippen molar-refractivity contribution in [3.63, 3.8) is 0 Å². The number of fused-ring (bicyclic) bond motifs is 2. The summed E-state index contributed by atoms with van der Waals surface area (Å²) in [6, 6.07) is 0. The van der Waals surface area contributed by atoms with Crippen LogP contribution in [0.1, 0.15) is 135 Å². The highest BCUT2D eigenvalue weighted by Crippen LogP contribution is 2.72. The summed E-state index contributed by atoms with van der Waals surface area (Å²) in [5, 5.41) is 22.8. The highest BCUT2D eigenvalue weighted by Gasteiger charge is 2.69. The number of rotatable bonds is 9. The van der Waals surface area contributed by atoms with Gasteiger partial charge >= 0.3 is 11.9 Å². The van der Waals surface area contributed by atoms with Gasteiger partial charge in [-0.2, -0.15) is 0 Å². The van der Waals surface area contributed by atoms with Gasteiger partial charge in [0.25, 0.3) is 11.8 Å². The number of hydrogen-bond acceptors (Lipinski definition) is 12. The number of aliphatic hydroxyl groups is 1. The van der Waals surface area contributed by atoms with Gasteiger partial charge in [0.05, 0.1) is 34.2 Å². The molecular formula is C54H70N4O7S2. The first-order valence-corrected chi connectivity index (χ1v) is 28.5. The van der Waals surface area contributed by atoms with Gasteiger partial charge in [0.15, 0.2) is 0 Å². The van der Waals surface area contributed by atoms with Crippen molar-refractivity contribution in [1.82, 2.24) is 20.9 Å². The smallest absolute Gasteiger partial charge is 0.340 e. The number of cyclic esters (lactones) is 1. The first-order valence-electron chi connectivity index (χ1n) is 26.2. The SMILES string of the molecule is CCC1(C=C2OC(=O)C3=C2CCC2C4CCC5(C6=CCC(C7CCCCC7)C(NCC(O)C7CCCCC7)SSCNC7=CC(=CCN7)C(CN7C(=O)C=CC7=O)C4=C5C(=O)O6)C32)CCCC1. The number of hydrogen-bond donors (Lipinski definition) is 4. The summed E-state index contributed by atoms with van der Waals surface area (Å²) in [6.07, 6.45) is 32.1. The Morgan fingerprint density at radius 1 is 0.881 bits per heavy atom. The first kappa shape index (κ1) is 45.9. The third-order valence-corrected chi connectivity index (χ3v) is 21.1. The molecule has 7 bridgehead atoms. The lowest BCUT2D eigenvalue weighted by Gasteiger charge is -2.57. The minimum absolute atomic E-state index is 0.0227. The number of aliphatic hydroxyl groups excluding tert-OH is 1. The molecule has 8 atom stereocenters. The van der Waals surface area contributed by atoms with E-state index in [1.807, 2.05) is 10.8 Å². The molecule has 67 heavy (non-hydrogen) atoms. The molecule has 8 unspecified atom stereocenters. The third-order valence-electron chi connectivity index (χ3n) is 18.6. The number of amides is 2. The molecule has 0 aromatic carbocycles. The number of carbonyl (C=O) groups excluding carboxylic acids is 4. The Labute approximate surface area is 404 Å². The second-order valence-corrected chi connectivity index (χ2v) is 24.3. The summed E-state index contributed by atoms with van der Waals surface area (Å²) < 4.78 is 13.2. The lowest BCUT2D eigenvalue weighted by Crippen LogP contribution is -2.54. The number of nitrogens with zero attached hydrogens (tertiary/aromatic N) is 1. The zero-order chi connectivity index (χ0) is 45.9. The molecule has 2 amide bonds. The Hall–Kier alpha value is -3.52. The van der Waals surface area contributed by atoms with Crippen molar-refractivity contribution in [3.05, 3.63) is 81.7 Å². The minimum Gasteiger partial charge on any atom is -0.427 e. The van der Waals surface area contributed by atoms with Crippen LogP contribution < -0.4 is 16.0 Å². The summed E-state index contributed by atoms with van der Waals surface area (Å²) in [5.41, 5.74) is 3.48. The highest BCUT2D eigenvalue weighted by atomic mass is 33.1. The van der Waals surface area contributed by atoms with Crippen molar-refractivity contribution in [3.8, 4) is 0 Å². The van der Waals surface area contributed by atoms with Gasteiger partial charge in [-0.25, -0.2) is 9.59 Å². The topological polar surface area (TPSA) is 146 Å². The molecule has 12 aliphatic rings. The summed E-state index contributed by atoms with van der Waals surface area (Å²) in [6.45, 7) is 3.46. The monoisotopic (exact) mass is 950 g/mol. The summed E-state index contributed by atoms with van der Waals surface area (Å²) in [4.78, 5) is 58.2. The van der Waals surface area contributed by atoms with E-state index in [1.54, 1.807) is 10.8 Å². The van der Waals surface area contributed by atoms with E-state index in [1.165, 1.54) is 68.4 Å². The molecule has 12 rings (SSSR count). The Balaban J connectivity index is 1.06. The van der Waals surface area contributed by atoms with Crippen LogP contribution >= 0.6 is 21.6 Å². The Bertz CT molecular complexity index is 2240. The van der Waals surface area contributed by atoms with Crippen LogP contribution in [0.15, 0.2) is 81.7 Å². The molecule has 1 saturated heterocycles. The molecule has 4 N–H and O–H groups in total. The van der Waals surface area contributed by atoms with E-state index in [-0.39, 0.29) is 64.8 Å². The predicted molar refractivity (Wildman–Crippen MR) is 261 cm³/mol. The molecule has 0 aromatic heterocycles. The van der Waals surface area contributed by atoms with E-state index < -0.39 is 17.4 Å². The van der Waals surface area contributed by atoms with Crippen molar-refractivity contribution >= 4 is 45.3 Å². The van der Waals surface area contributed by atoms with Crippen LogP contribution in [-0.4, -0.2) is 70.7 Å². The van der Waals surface area contributed by atoms with Crippen LogP contribution in [0.25, 0.3) is 0 Å². The highest BCUT2D eigenvalue weighted by molar-refractivity contribution is 8.76. The number of dihydropyridines is 1. The van der Waals surface area contributed by atoms with Gasteiger partial charge < -0.3 is 30.5 Å². The van der Waals surface area contributed by atoms with Crippen molar-refractivity contribution in [2.24, 2.45) is 52.3 Å². The van der Waals surface area contributed by atoms with Crippen molar-refractivity contribution < 1.29 is 33.8 Å². The molecule has 5 aliphatic heterocycles. The van der Waals surface area contributed by atoms with E-state index in [9.17, 15) is 19.5 Å². The molecule has 1 spiro atoms. The molecule has 0 radical (unpaired) electrons. The molecule has 360 valence electrons. The van der Waals surface area contributed by atoms with Crippen LogP contribution in [0, 0.1) is 52.3 Å². The number of ether oxygens (including phenoxy) is 2. The number of allylic oxidation sites excluding steroid dienone is 5. The van der Waals surface area contributed by atoms with Gasteiger partial charge in [-0.15, -0.1) is 0 Å². The minimum atomic E-state index is -0.902. The Morgan fingerprint density at radius 3 is 2.40 bits per heavy atom. The fourth-order valence-corrected chi connectivity index (χ4v) is 17.7. The zero-order valence-electron chi connectivity index (χ0n) is 39.3. The van der Waals surface area contributed by atoms with E-state index in [4.69, 9.17) is 9.47 Å². The van der Waals surface area contributed by atoms with Gasteiger partial charge in [0, 0.05) is 54.8 Å². The van der Waals surface area contributed by atoms with Crippen LogP contribution in [0.2, 0.25) is 0 Å². The largest absolute Gasteiger partial charge is 0.427 e. The fourth-order valence-electron chi connectivity index (χ4n) is 15.2.